The Balaban J connectivity index is 1.75. The second-order valence-corrected chi connectivity index (χ2v) is 7.88. The van der Waals surface area contributed by atoms with Crippen molar-refractivity contribution in [1.82, 2.24) is 4.90 Å². The van der Waals surface area contributed by atoms with Crippen LogP contribution in [-0.4, -0.2) is 41.9 Å². The summed E-state index contributed by atoms with van der Waals surface area (Å²) >= 11 is 14.2. The number of nitrogens with zero attached hydrogens (tertiary/aromatic N) is 3. The lowest BCUT2D eigenvalue weighted by Gasteiger charge is -2.36. The summed E-state index contributed by atoms with van der Waals surface area (Å²) in [6, 6.07) is 9.95. The molecule has 0 aromatic heterocycles. The topological polar surface area (TPSA) is 66.7 Å². The predicted octanol–water partition coefficient (Wildman–Crippen LogP) is 4.47. The molecular formula is C17H14Cl2IN3O3. The van der Waals surface area contributed by atoms with Crippen LogP contribution in [0.3, 0.4) is 0 Å². The Hall–Kier alpha value is -1.58. The van der Waals surface area contributed by atoms with Crippen molar-refractivity contribution < 1.29 is 9.72 Å². The van der Waals surface area contributed by atoms with Gasteiger partial charge in [0.15, 0.2) is 0 Å². The van der Waals surface area contributed by atoms with E-state index in [0.717, 1.165) is 3.57 Å². The van der Waals surface area contributed by atoms with E-state index in [4.69, 9.17) is 23.2 Å². The lowest BCUT2D eigenvalue weighted by atomic mass is 10.1. The monoisotopic (exact) mass is 505 g/mol. The van der Waals surface area contributed by atoms with Crippen LogP contribution in [-0.2, 0) is 0 Å². The van der Waals surface area contributed by atoms with E-state index < -0.39 is 4.92 Å². The summed E-state index contributed by atoms with van der Waals surface area (Å²) in [5, 5.41) is 12.0. The van der Waals surface area contributed by atoms with Crippen molar-refractivity contribution in [3.8, 4) is 0 Å². The summed E-state index contributed by atoms with van der Waals surface area (Å²) in [5.74, 6) is -0.126. The Morgan fingerprint density at radius 2 is 1.77 bits per heavy atom. The van der Waals surface area contributed by atoms with E-state index >= 15 is 0 Å². The molecule has 1 aliphatic rings. The van der Waals surface area contributed by atoms with Gasteiger partial charge in [0.1, 0.15) is 5.69 Å². The second kappa shape index (κ2) is 7.98. The molecule has 0 aliphatic carbocycles. The number of piperazine rings is 1. The van der Waals surface area contributed by atoms with Crippen LogP contribution in [0.4, 0.5) is 11.4 Å². The van der Waals surface area contributed by atoms with E-state index in [1.54, 1.807) is 29.2 Å². The number of nitro benzene ring substituents is 1. The molecular weight excluding hydrogens is 492 g/mol. The average molecular weight is 506 g/mol. The van der Waals surface area contributed by atoms with Gasteiger partial charge in [0.25, 0.3) is 11.6 Å². The molecule has 1 saturated heterocycles. The van der Waals surface area contributed by atoms with Crippen LogP contribution in [0.1, 0.15) is 10.4 Å². The Kier molecular flexibility index (Phi) is 5.89. The van der Waals surface area contributed by atoms with Gasteiger partial charge in [-0.15, -0.1) is 0 Å². The number of halogens is 3. The first-order valence-electron chi connectivity index (χ1n) is 7.80. The summed E-state index contributed by atoms with van der Waals surface area (Å²) in [7, 11) is 0. The van der Waals surface area contributed by atoms with Crippen molar-refractivity contribution >= 4 is 63.1 Å². The fourth-order valence-electron chi connectivity index (χ4n) is 2.89. The van der Waals surface area contributed by atoms with Crippen molar-refractivity contribution in [3.05, 3.63) is 65.7 Å². The van der Waals surface area contributed by atoms with Crippen molar-refractivity contribution in [2.45, 2.75) is 0 Å². The van der Waals surface area contributed by atoms with Gasteiger partial charge in [-0.3, -0.25) is 14.9 Å². The summed E-state index contributed by atoms with van der Waals surface area (Å²) < 4.78 is 0.936. The molecule has 2 aromatic rings. The van der Waals surface area contributed by atoms with Gasteiger partial charge in [0.2, 0.25) is 0 Å². The molecule has 9 heteroatoms. The van der Waals surface area contributed by atoms with Crippen LogP contribution < -0.4 is 4.90 Å². The van der Waals surface area contributed by atoms with Gasteiger partial charge < -0.3 is 9.80 Å². The van der Waals surface area contributed by atoms with Crippen LogP contribution >= 0.6 is 45.8 Å². The highest BCUT2D eigenvalue weighted by molar-refractivity contribution is 14.1. The Morgan fingerprint density at radius 3 is 2.42 bits per heavy atom. The van der Waals surface area contributed by atoms with Gasteiger partial charge in [-0.2, -0.15) is 0 Å². The quantitative estimate of drug-likeness (QED) is 0.350. The maximum atomic E-state index is 12.7. The molecule has 1 heterocycles. The summed E-state index contributed by atoms with van der Waals surface area (Å²) in [5.41, 5.74) is 0.959. The fraction of sp³-hybridized carbons (Fsp3) is 0.235. The Labute approximate surface area is 174 Å². The molecule has 0 unspecified atom stereocenters. The highest BCUT2D eigenvalue weighted by Crippen LogP contribution is 2.32. The lowest BCUT2D eigenvalue weighted by molar-refractivity contribution is -0.384. The summed E-state index contributed by atoms with van der Waals surface area (Å²) in [4.78, 5) is 27.2. The highest BCUT2D eigenvalue weighted by Gasteiger charge is 2.27. The number of rotatable bonds is 3. The molecule has 1 aliphatic heterocycles. The molecule has 1 fully saturated rings. The smallest absolute Gasteiger partial charge is 0.294 e. The maximum Gasteiger partial charge on any atom is 0.294 e. The zero-order chi connectivity index (χ0) is 18.8. The largest absolute Gasteiger partial charge is 0.362 e. The summed E-state index contributed by atoms with van der Waals surface area (Å²) in [6.45, 7) is 1.91. The molecule has 0 atom stereocenters. The summed E-state index contributed by atoms with van der Waals surface area (Å²) in [6.07, 6.45) is 0. The number of amides is 1. The van der Waals surface area contributed by atoms with Crippen molar-refractivity contribution in [2.75, 3.05) is 31.1 Å². The zero-order valence-corrected chi connectivity index (χ0v) is 17.2. The minimum atomic E-state index is -0.440. The van der Waals surface area contributed by atoms with Crippen LogP contribution in [0, 0.1) is 13.7 Å². The third kappa shape index (κ3) is 4.05. The maximum absolute atomic E-state index is 12.7. The van der Waals surface area contributed by atoms with Gasteiger partial charge in [0.05, 0.1) is 15.5 Å². The van der Waals surface area contributed by atoms with E-state index in [1.165, 1.54) is 6.07 Å². The van der Waals surface area contributed by atoms with Crippen LogP contribution in [0.15, 0.2) is 36.4 Å². The van der Waals surface area contributed by atoms with Gasteiger partial charge >= 0.3 is 0 Å². The minimum absolute atomic E-state index is 0.0297. The Morgan fingerprint density at radius 1 is 1.08 bits per heavy atom. The van der Waals surface area contributed by atoms with Crippen molar-refractivity contribution in [3.63, 3.8) is 0 Å². The van der Waals surface area contributed by atoms with Gasteiger partial charge in [-0.05, 0) is 52.9 Å². The molecule has 1 amide bonds. The number of hydrogen-bond donors (Lipinski definition) is 0. The van der Waals surface area contributed by atoms with E-state index in [9.17, 15) is 14.9 Å². The fourth-order valence-corrected chi connectivity index (χ4v) is 3.75. The van der Waals surface area contributed by atoms with E-state index in [0.29, 0.717) is 47.5 Å². The number of carbonyl (C=O) groups excluding carboxylic acids is 1. The first-order valence-corrected chi connectivity index (χ1v) is 9.63. The normalized spacial score (nSPS) is 14.4. The van der Waals surface area contributed by atoms with Crippen molar-refractivity contribution in [2.24, 2.45) is 0 Å². The van der Waals surface area contributed by atoms with Crippen LogP contribution in [0.5, 0.6) is 0 Å². The number of anilines is 1. The van der Waals surface area contributed by atoms with E-state index in [-0.39, 0.29) is 11.6 Å². The molecule has 0 saturated carbocycles. The van der Waals surface area contributed by atoms with Gasteiger partial charge in [0, 0.05) is 40.8 Å². The van der Waals surface area contributed by atoms with Crippen LogP contribution in [0.2, 0.25) is 10.0 Å². The number of hydrogen-bond acceptors (Lipinski definition) is 4. The molecule has 2 aromatic carbocycles. The molecule has 0 spiro atoms. The SMILES string of the molecule is O=C(c1cc(I)ccc1Cl)N1CCN(c2ccc(Cl)cc2[N+](=O)[O-])CC1. The first-order chi connectivity index (χ1) is 12.4. The number of carbonyl (C=O) groups is 1. The van der Waals surface area contributed by atoms with E-state index in [1.807, 2.05) is 11.0 Å². The van der Waals surface area contributed by atoms with E-state index in [2.05, 4.69) is 22.6 Å². The van der Waals surface area contributed by atoms with Crippen molar-refractivity contribution in [1.29, 1.82) is 0 Å². The number of benzene rings is 2. The Bertz CT molecular complexity index is 870. The molecule has 136 valence electrons. The van der Waals surface area contributed by atoms with Crippen LogP contribution in [0.25, 0.3) is 0 Å². The zero-order valence-electron chi connectivity index (χ0n) is 13.5. The molecule has 0 radical (unpaired) electrons. The lowest BCUT2D eigenvalue weighted by Crippen LogP contribution is -2.49. The second-order valence-electron chi connectivity index (χ2n) is 5.79. The average Bonchev–Trinajstić information content (AvgIpc) is 2.63. The predicted molar refractivity (Wildman–Crippen MR) is 110 cm³/mol. The molecule has 6 nitrogen and oxygen atoms in total. The minimum Gasteiger partial charge on any atom is -0.362 e. The molecule has 3 rings (SSSR count). The standard InChI is InChI=1S/C17H14Cl2IN3O3/c18-11-1-4-15(16(9-11)23(25)26)21-5-7-22(8-6-21)17(24)13-10-12(20)2-3-14(13)19/h1-4,9-10H,5-8H2. The first kappa shape index (κ1) is 19.2. The highest BCUT2D eigenvalue weighted by atomic mass is 127. The third-order valence-electron chi connectivity index (χ3n) is 4.20. The number of nitro groups is 1. The third-order valence-corrected chi connectivity index (χ3v) is 5.44. The molecule has 0 N–H and O–H groups in total. The van der Waals surface area contributed by atoms with Gasteiger partial charge in [-0.1, -0.05) is 23.2 Å². The molecule has 0 bridgehead atoms. The van der Waals surface area contributed by atoms with Gasteiger partial charge in [-0.25, -0.2) is 0 Å². The molecule has 26 heavy (non-hydrogen) atoms.